The quantitative estimate of drug-likeness (QED) is 0.140. The van der Waals surface area contributed by atoms with Crippen LogP contribution in [0.2, 0.25) is 0 Å². The molecule has 14 rings (SSSR count). The van der Waals surface area contributed by atoms with Gasteiger partial charge in [-0.25, -0.2) is 0 Å². The summed E-state index contributed by atoms with van der Waals surface area (Å²) in [5.74, 6) is 0. The Bertz CT molecular complexity index is 4110. The highest BCUT2D eigenvalue weighted by atomic mass is 14.4. The van der Waals surface area contributed by atoms with Crippen LogP contribution < -0.4 is 0 Å². The van der Waals surface area contributed by atoms with E-state index in [1.54, 1.807) is 0 Å². The molecule has 0 heterocycles. The average molecular weight is 903 g/mol. The van der Waals surface area contributed by atoms with Crippen LogP contribution in [0.1, 0.15) is 37.8 Å². The Morgan fingerprint density at radius 2 is 0.451 bits per heavy atom. The van der Waals surface area contributed by atoms with E-state index in [9.17, 15) is 0 Å². The summed E-state index contributed by atoms with van der Waals surface area (Å²) in [6, 6.07) is 91.2. The molecule has 0 heteroatoms. The average Bonchev–Trinajstić information content (AvgIpc) is 3.72. The lowest BCUT2D eigenvalue weighted by Gasteiger charge is -2.30. The third-order valence-corrected chi connectivity index (χ3v) is 16.3. The van der Waals surface area contributed by atoms with Crippen molar-refractivity contribution < 1.29 is 0 Å². The van der Waals surface area contributed by atoms with Gasteiger partial charge in [-0.05, 0) is 167 Å². The molecule has 0 aromatic heterocycles. The third kappa shape index (κ3) is 6.04. The molecule has 0 radical (unpaired) electrons. The van der Waals surface area contributed by atoms with Crippen molar-refractivity contribution in [2.45, 2.75) is 32.1 Å². The third-order valence-electron chi connectivity index (χ3n) is 16.3. The van der Waals surface area contributed by atoms with Crippen LogP contribution in [0.25, 0.3) is 131 Å². The van der Waals surface area contributed by atoms with E-state index >= 15 is 0 Å². The summed E-state index contributed by atoms with van der Waals surface area (Å²) in [5.41, 5.74) is 18.2. The van der Waals surface area contributed by atoms with Crippen molar-refractivity contribution in [2.75, 3.05) is 0 Å². The second-order valence-electron chi connectivity index (χ2n) is 19.6. The summed E-state index contributed by atoms with van der Waals surface area (Å²) < 4.78 is 0. The molecule has 0 bridgehead atoms. The summed E-state index contributed by atoms with van der Waals surface area (Å²) in [7, 11) is 0. The summed E-state index contributed by atoms with van der Waals surface area (Å²) in [6.45, 7) is 4.80. The van der Waals surface area contributed by atoms with Gasteiger partial charge in [0.25, 0.3) is 0 Å². The van der Waals surface area contributed by atoms with Gasteiger partial charge in [-0.3, -0.25) is 0 Å². The van der Waals surface area contributed by atoms with Crippen LogP contribution in [0.5, 0.6) is 0 Å². The van der Waals surface area contributed by atoms with Gasteiger partial charge >= 0.3 is 0 Å². The predicted molar refractivity (Wildman–Crippen MR) is 305 cm³/mol. The molecule has 0 amide bonds. The molecule has 0 N–H and O–H groups in total. The first kappa shape index (κ1) is 41.4. The fourth-order valence-electron chi connectivity index (χ4n) is 13.2. The minimum absolute atomic E-state index is 0.157. The highest BCUT2D eigenvalue weighted by Gasteiger charge is 2.41. The van der Waals surface area contributed by atoms with Gasteiger partial charge in [0.1, 0.15) is 0 Å². The minimum Gasteiger partial charge on any atom is -0.0642 e. The zero-order valence-electron chi connectivity index (χ0n) is 40.0. The van der Waals surface area contributed by atoms with Crippen molar-refractivity contribution in [1.82, 2.24) is 0 Å². The van der Waals surface area contributed by atoms with Gasteiger partial charge in [0, 0.05) is 5.41 Å². The molecule has 13 aromatic carbocycles. The molecular weight excluding hydrogens is 853 g/mol. The SMILES string of the molecule is CCC1(CC)c2cc(-c3c4ccccc4c(-c4ccccc4)c4ccccc34)ccc2-c2ccc(-c3c4ccccc4c(-c4c5ccccc5c(-c5ccccc5)c5ccccc45)c4ccccc34)cc21. The maximum Gasteiger partial charge on any atom is 0.0210 e. The fraction of sp³-hybridized carbons (Fsp3) is 0.0704. The molecule has 71 heavy (non-hydrogen) atoms. The van der Waals surface area contributed by atoms with Crippen LogP contribution in [0, 0.1) is 0 Å². The number of fused-ring (bicyclic) bond motifs is 9. The lowest BCUT2D eigenvalue weighted by molar-refractivity contribution is 0.491. The van der Waals surface area contributed by atoms with Gasteiger partial charge in [0.2, 0.25) is 0 Å². The minimum atomic E-state index is -0.157. The Morgan fingerprint density at radius 1 is 0.225 bits per heavy atom. The maximum absolute atomic E-state index is 2.58. The van der Waals surface area contributed by atoms with Crippen LogP contribution in [-0.4, -0.2) is 0 Å². The highest BCUT2D eigenvalue weighted by molar-refractivity contribution is 6.30. The molecule has 0 nitrogen and oxygen atoms in total. The van der Waals surface area contributed by atoms with E-state index in [1.165, 1.54) is 143 Å². The predicted octanol–water partition coefficient (Wildman–Crippen LogP) is 20.0. The van der Waals surface area contributed by atoms with Crippen molar-refractivity contribution in [1.29, 1.82) is 0 Å². The van der Waals surface area contributed by atoms with E-state index in [1.807, 2.05) is 0 Å². The van der Waals surface area contributed by atoms with E-state index < -0.39 is 0 Å². The molecule has 1 aliphatic rings. The van der Waals surface area contributed by atoms with E-state index in [0.29, 0.717) is 0 Å². The van der Waals surface area contributed by atoms with Gasteiger partial charge in [-0.15, -0.1) is 0 Å². The molecule has 0 spiro atoms. The number of benzene rings is 13. The van der Waals surface area contributed by atoms with Crippen LogP contribution in [0.4, 0.5) is 0 Å². The van der Waals surface area contributed by atoms with Crippen LogP contribution >= 0.6 is 0 Å². The normalized spacial score (nSPS) is 12.9. The second kappa shape index (κ2) is 16.3. The zero-order chi connectivity index (χ0) is 47.2. The smallest absolute Gasteiger partial charge is 0.0210 e. The van der Waals surface area contributed by atoms with Crippen molar-refractivity contribution in [3.05, 3.63) is 254 Å². The van der Waals surface area contributed by atoms with E-state index in [4.69, 9.17) is 0 Å². The van der Waals surface area contributed by atoms with E-state index in [-0.39, 0.29) is 5.41 Å². The monoisotopic (exact) mass is 902 g/mol. The van der Waals surface area contributed by atoms with Gasteiger partial charge in [-0.2, -0.15) is 0 Å². The summed E-state index contributed by atoms with van der Waals surface area (Å²) in [6.07, 6.45) is 2.01. The fourth-order valence-corrected chi connectivity index (χ4v) is 13.2. The molecule has 13 aromatic rings. The van der Waals surface area contributed by atoms with Crippen LogP contribution in [0.15, 0.2) is 243 Å². The molecule has 334 valence electrons. The first-order chi connectivity index (χ1) is 35.2. The van der Waals surface area contributed by atoms with Gasteiger partial charge in [0.15, 0.2) is 0 Å². The number of hydrogen-bond donors (Lipinski definition) is 0. The Labute approximate surface area is 415 Å². The first-order valence-electron chi connectivity index (χ1n) is 25.4. The van der Waals surface area contributed by atoms with Crippen molar-refractivity contribution >= 4 is 64.6 Å². The molecular formula is C71H50. The Kier molecular flexibility index (Phi) is 9.48. The van der Waals surface area contributed by atoms with Crippen molar-refractivity contribution in [3.8, 4) is 66.8 Å². The summed E-state index contributed by atoms with van der Waals surface area (Å²) in [5, 5.41) is 15.3. The lowest BCUT2D eigenvalue weighted by atomic mass is 9.72. The maximum atomic E-state index is 2.58. The number of rotatable bonds is 7. The summed E-state index contributed by atoms with van der Waals surface area (Å²) in [4.78, 5) is 0. The topological polar surface area (TPSA) is 0 Å². The Balaban J connectivity index is 0.981. The standard InChI is InChI=1S/C71H50/c1-3-71(4-2)63-43-47(67-53-29-13-11-27-51(53)65(45-23-7-5-8-24-45)52-28-12-14-30-54(52)67)39-41-49(63)50-42-40-48(44-64(50)71)68-57-33-17-21-37-61(57)70(62-38-22-18-34-58(62)68)69-59-35-19-15-31-55(59)66(46-25-9-6-10-26-46)56-32-16-20-36-60(56)69/h5-44H,3-4H2,1-2H3. The van der Waals surface area contributed by atoms with E-state index in [0.717, 1.165) is 12.8 Å². The summed E-state index contributed by atoms with van der Waals surface area (Å²) >= 11 is 0. The second-order valence-corrected chi connectivity index (χ2v) is 19.6. The molecule has 1 aliphatic carbocycles. The van der Waals surface area contributed by atoms with E-state index in [2.05, 4.69) is 257 Å². The molecule has 0 unspecified atom stereocenters. The molecule has 0 saturated carbocycles. The molecule has 0 aliphatic heterocycles. The number of hydrogen-bond acceptors (Lipinski definition) is 0. The molecule has 0 fully saturated rings. The Morgan fingerprint density at radius 3 is 0.704 bits per heavy atom. The molecule has 0 saturated heterocycles. The van der Waals surface area contributed by atoms with Gasteiger partial charge < -0.3 is 0 Å². The van der Waals surface area contributed by atoms with Gasteiger partial charge in [-0.1, -0.05) is 244 Å². The van der Waals surface area contributed by atoms with Crippen molar-refractivity contribution in [2.24, 2.45) is 0 Å². The Hall–Kier alpha value is -8.58. The van der Waals surface area contributed by atoms with Crippen LogP contribution in [0.3, 0.4) is 0 Å². The highest BCUT2D eigenvalue weighted by Crippen LogP contribution is 2.57. The van der Waals surface area contributed by atoms with Gasteiger partial charge in [0.05, 0.1) is 0 Å². The van der Waals surface area contributed by atoms with Crippen LogP contribution in [-0.2, 0) is 5.41 Å². The molecule has 0 atom stereocenters. The first-order valence-corrected chi connectivity index (χ1v) is 25.4. The van der Waals surface area contributed by atoms with Crippen molar-refractivity contribution in [3.63, 3.8) is 0 Å². The lowest BCUT2D eigenvalue weighted by Crippen LogP contribution is -2.23. The zero-order valence-corrected chi connectivity index (χ0v) is 40.0. The largest absolute Gasteiger partial charge is 0.0642 e.